The van der Waals surface area contributed by atoms with E-state index in [1.807, 2.05) is 10.9 Å². The molecule has 0 atom stereocenters. The van der Waals surface area contributed by atoms with Gasteiger partial charge in [0.25, 0.3) is 0 Å². The molecule has 108 valence electrons. The Morgan fingerprint density at radius 2 is 2.10 bits per heavy atom. The van der Waals surface area contributed by atoms with E-state index in [1.54, 1.807) is 0 Å². The number of rotatable bonds is 6. The van der Waals surface area contributed by atoms with Crippen LogP contribution in [0.1, 0.15) is 38.3 Å². The summed E-state index contributed by atoms with van der Waals surface area (Å²) < 4.78 is 2.02. The van der Waals surface area contributed by atoms with Crippen molar-refractivity contribution in [1.29, 1.82) is 0 Å². The Labute approximate surface area is 122 Å². The minimum Gasteiger partial charge on any atom is -0.310 e. The molecule has 0 aliphatic rings. The molecule has 3 heteroatoms. The van der Waals surface area contributed by atoms with E-state index in [-0.39, 0.29) is 0 Å². The molecule has 0 bridgehead atoms. The standard InChI is InChI=1S/C17H25N3/c1-5-8-20-12-16(11-19-20)17-9-15(7-6-14(17)4)10-18-13(2)3/h6-7,9,11-13,18H,5,8,10H2,1-4H3. The molecule has 0 aliphatic heterocycles. The van der Waals surface area contributed by atoms with Gasteiger partial charge in [0.05, 0.1) is 6.20 Å². The Hall–Kier alpha value is -1.61. The Kier molecular flexibility index (Phi) is 4.96. The number of nitrogens with zero attached hydrogens (tertiary/aromatic N) is 2. The highest BCUT2D eigenvalue weighted by Crippen LogP contribution is 2.24. The van der Waals surface area contributed by atoms with Crippen molar-refractivity contribution >= 4 is 0 Å². The van der Waals surface area contributed by atoms with Gasteiger partial charge in [0.1, 0.15) is 0 Å². The normalized spacial score (nSPS) is 11.2. The van der Waals surface area contributed by atoms with Gasteiger partial charge < -0.3 is 5.32 Å². The van der Waals surface area contributed by atoms with Crippen LogP contribution in [0.15, 0.2) is 30.6 Å². The van der Waals surface area contributed by atoms with Gasteiger partial charge in [0, 0.05) is 30.9 Å². The van der Waals surface area contributed by atoms with Gasteiger partial charge in [-0.3, -0.25) is 4.68 Å². The number of hydrogen-bond acceptors (Lipinski definition) is 2. The van der Waals surface area contributed by atoms with Crippen molar-refractivity contribution in [2.75, 3.05) is 0 Å². The molecule has 0 aliphatic carbocycles. The Morgan fingerprint density at radius 3 is 2.80 bits per heavy atom. The van der Waals surface area contributed by atoms with E-state index in [0.717, 1.165) is 19.5 Å². The number of aromatic nitrogens is 2. The minimum absolute atomic E-state index is 0.507. The third-order valence-electron chi connectivity index (χ3n) is 3.41. The largest absolute Gasteiger partial charge is 0.310 e. The molecular formula is C17H25N3. The second kappa shape index (κ2) is 6.71. The lowest BCUT2D eigenvalue weighted by molar-refractivity contribution is 0.589. The fourth-order valence-electron chi connectivity index (χ4n) is 2.27. The molecule has 2 aromatic rings. The maximum absolute atomic E-state index is 4.43. The van der Waals surface area contributed by atoms with Gasteiger partial charge in [-0.1, -0.05) is 32.9 Å². The van der Waals surface area contributed by atoms with Gasteiger partial charge in [-0.15, -0.1) is 0 Å². The highest BCUT2D eigenvalue weighted by atomic mass is 15.3. The lowest BCUT2D eigenvalue weighted by atomic mass is 10.0. The van der Waals surface area contributed by atoms with Crippen LogP contribution in [0.25, 0.3) is 11.1 Å². The molecule has 20 heavy (non-hydrogen) atoms. The molecule has 0 amide bonds. The maximum atomic E-state index is 4.43. The second-order valence-electron chi connectivity index (χ2n) is 5.68. The van der Waals surface area contributed by atoms with Gasteiger partial charge >= 0.3 is 0 Å². The Bertz CT molecular complexity index is 555. The van der Waals surface area contributed by atoms with Gasteiger partial charge in [-0.2, -0.15) is 5.10 Å². The van der Waals surface area contributed by atoms with Crippen LogP contribution in [0.5, 0.6) is 0 Å². The van der Waals surface area contributed by atoms with Crippen molar-refractivity contribution < 1.29 is 0 Å². The van der Waals surface area contributed by atoms with Gasteiger partial charge in [-0.05, 0) is 36.1 Å². The van der Waals surface area contributed by atoms with E-state index in [9.17, 15) is 0 Å². The second-order valence-corrected chi connectivity index (χ2v) is 5.68. The number of nitrogens with one attached hydrogen (secondary N) is 1. The van der Waals surface area contributed by atoms with Crippen LogP contribution >= 0.6 is 0 Å². The maximum Gasteiger partial charge on any atom is 0.0568 e. The highest BCUT2D eigenvalue weighted by Gasteiger charge is 2.06. The summed E-state index contributed by atoms with van der Waals surface area (Å²) in [6.45, 7) is 10.6. The van der Waals surface area contributed by atoms with E-state index in [2.05, 4.69) is 62.5 Å². The van der Waals surface area contributed by atoms with E-state index >= 15 is 0 Å². The summed E-state index contributed by atoms with van der Waals surface area (Å²) in [6.07, 6.45) is 5.22. The minimum atomic E-state index is 0.507. The lowest BCUT2D eigenvalue weighted by Gasteiger charge is -2.10. The molecular weight excluding hydrogens is 246 g/mol. The van der Waals surface area contributed by atoms with Crippen LogP contribution in [-0.4, -0.2) is 15.8 Å². The number of benzene rings is 1. The first kappa shape index (κ1) is 14.8. The SMILES string of the molecule is CCCn1cc(-c2cc(CNC(C)C)ccc2C)cn1. The fourth-order valence-corrected chi connectivity index (χ4v) is 2.27. The predicted molar refractivity (Wildman–Crippen MR) is 84.7 cm³/mol. The Morgan fingerprint density at radius 1 is 1.30 bits per heavy atom. The van der Waals surface area contributed by atoms with E-state index in [4.69, 9.17) is 0 Å². The molecule has 1 aromatic carbocycles. The van der Waals surface area contributed by atoms with Crippen LogP contribution < -0.4 is 5.32 Å². The molecule has 0 fully saturated rings. The summed E-state index contributed by atoms with van der Waals surface area (Å²) in [5, 5.41) is 7.89. The van der Waals surface area contributed by atoms with E-state index in [1.165, 1.54) is 22.3 Å². The summed E-state index contributed by atoms with van der Waals surface area (Å²) in [5.74, 6) is 0. The highest BCUT2D eigenvalue weighted by molar-refractivity contribution is 5.66. The predicted octanol–water partition coefficient (Wildman–Crippen LogP) is 3.77. The molecule has 1 heterocycles. The number of aryl methyl sites for hydroxylation is 2. The summed E-state index contributed by atoms with van der Waals surface area (Å²) in [5.41, 5.74) is 5.12. The zero-order valence-electron chi connectivity index (χ0n) is 13.0. The Balaban J connectivity index is 2.22. The zero-order chi connectivity index (χ0) is 14.5. The molecule has 0 spiro atoms. The van der Waals surface area contributed by atoms with Crippen LogP contribution in [-0.2, 0) is 13.1 Å². The molecule has 3 nitrogen and oxygen atoms in total. The van der Waals surface area contributed by atoms with Crippen LogP contribution in [0.3, 0.4) is 0 Å². The summed E-state index contributed by atoms with van der Waals surface area (Å²) in [6, 6.07) is 7.18. The average molecular weight is 271 g/mol. The van der Waals surface area contributed by atoms with E-state index in [0.29, 0.717) is 6.04 Å². The summed E-state index contributed by atoms with van der Waals surface area (Å²) >= 11 is 0. The van der Waals surface area contributed by atoms with Gasteiger partial charge in [0.2, 0.25) is 0 Å². The smallest absolute Gasteiger partial charge is 0.0568 e. The fraction of sp³-hybridized carbons (Fsp3) is 0.471. The first-order valence-electron chi connectivity index (χ1n) is 7.46. The first-order chi connectivity index (χ1) is 9.60. The monoisotopic (exact) mass is 271 g/mol. The summed E-state index contributed by atoms with van der Waals surface area (Å²) in [7, 11) is 0. The average Bonchev–Trinajstić information content (AvgIpc) is 2.86. The summed E-state index contributed by atoms with van der Waals surface area (Å²) in [4.78, 5) is 0. The van der Waals surface area contributed by atoms with Crippen molar-refractivity contribution in [2.24, 2.45) is 0 Å². The first-order valence-corrected chi connectivity index (χ1v) is 7.46. The van der Waals surface area contributed by atoms with Crippen LogP contribution in [0.4, 0.5) is 0 Å². The number of hydrogen-bond donors (Lipinski definition) is 1. The third-order valence-corrected chi connectivity index (χ3v) is 3.41. The van der Waals surface area contributed by atoms with Crippen molar-refractivity contribution in [1.82, 2.24) is 15.1 Å². The molecule has 1 N–H and O–H groups in total. The topological polar surface area (TPSA) is 29.9 Å². The van der Waals surface area contributed by atoms with Crippen molar-refractivity contribution in [3.63, 3.8) is 0 Å². The molecule has 0 radical (unpaired) electrons. The molecule has 0 unspecified atom stereocenters. The van der Waals surface area contributed by atoms with Gasteiger partial charge in [-0.25, -0.2) is 0 Å². The van der Waals surface area contributed by atoms with Crippen molar-refractivity contribution in [2.45, 2.75) is 53.2 Å². The molecule has 0 saturated heterocycles. The van der Waals surface area contributed by atoms with Crippen LogP contribution in [0.2, 0.25) is 0 Å². The van der Waals surface area contributed by atoms with Crippen molar-refractivity contribution in [3.8, 4) is 11.1 Å². The van der Waals surface area contributed by atoms with Gasteiger partial charge in [0.15, 0.2) is 0 Å². The molecule has 2 rings (SSSR count). The van der Waals surface area contributed by atoms with Crippen LogP contribution in [0, 0.1) is 6.92 Å². The molecule has 0 saturated carbocycles. The molecule has 1 aromatic heterocycles. The zero-order valence-corrected chi connectivity index (χ0v) is 13.0. The third kappa shape index (κ3) is 3.70. The quantitative estimate of drug-likeness (QED) is 0.867. The van der Waals surface area contributed by atoms with E-state index < -0.39 is 0 Å². The lowest BCUT2D eigenvalue weighted by Crippen LogP contribution is -2.21. The van der Waals surface area contributed by atoms with Crippen molar-refractivity contribution in [3.05, 3.63) is 41.7 Å².